The van der Waals surface area contributed by atoms with E-state index < -0.39 is 17.5 Å². The van der Waals surface area contributed by atoms with Gasteiger partial charge in [-0.25, -0.2) is 18.0 Å². The Bertz CT molecular complexity index is 1330. The van der Waals surface area contributed by atoms with Crippen LogP contribution in [-0.4, -0.2) is 35.5 Å². The Hall–Kier alpha value is -3.61. The maximum absolute atomic E-state index is 14.1. The van der Waals surface area contributed by atoms with E-state index in [-0.39, 0.29) is 54.4 Å². The van der Waals surface area contributed by atoms with Crippen LogP contribution in [0.25, 0.3) is 11.1 Å². The molecule has 0 N–H and O–H groups in total. The molecule has 3 aromatic carbocycles. The number of Topliss-reactive ketones (excluding diaryl/α,β-unsaturated/α-hetero) is 1. The molecule has 0 radical (unpaired) electrons. The van der Waals surface area contributed by atoms with Crippen molar-refractivity contribution in [1.29, 1.82) is 0 Å². The lowest BCUT2D eigenvalue weighted by atomic mass is 9.85. The van der Waals surface area contributed by atoms with E-state index in [4.69, 9.17) is 4.74 Å². The first-order valence-electron chi connectivity index (χ1n) is 12.7. The van der Waals surface area contributed by atoms with Crippen LogP contribution in [0.1, 0.15) is 48.3 Å². The Labute approximate surface area is 213 Å². The molecule has 0 saturated carbocycles. The van der Waals surface area contributed by atoms with Gasteiger partial charge < -0.3 is 9.64 Å². The van der Waals surface area contributed by atoms with Gasteiger partial charge in [0, 0.05) is 30.3 Å². The highest BCUT2D eigenvalue weighted by molar-refractivity contribution is 5.84. The number of amides is 1. The van der Waals surface area contributed by atoms with Crippen LogP contribution < -0.4 is 0 Å². The molecule has 7 heteroatoms. The van der Waals surface area contributed by atoms with Gasteiger partial charge >= 0.3 is 6.09 Å². The van der Waals surface area contributed by atoms with E-state index in [0.29, 0.717) is 12.8 Å². The van der Waals surface area contributed by atoms with E-state index in [1.807, 2.05) is 24.3 Å². The molecule has 3 aromatic rings. The van der Waals surface area contributed by atoms with Gasteiger partial charge in [0.05, 0.1) is 0 Å². The van der Waals surface area contributed by atoms with E-state index in [2.05, 4.69) is 24.3 Å². The van der Waals surface area contributed by atoms with E-state index in [1.165, 1.54) is 0 Å². The topological polar surface area (TPSA) is 46.6 Å². The molecule has 2 saturated heterocycles. The van der Waals surface area contributed by atoms with E-state index in [9.17, 15) is 22.8 Å². The van der Waals surface area contributed by atoms with Crippen LogP contribution in [0, 0.1) is 23.4 Å². The molecule has 1 amide bonds. The number of benzene rings is 3. The molecule has 2 atom stereocenters. The Morgan fingerprint density at radius 2 is 1.41 bits per heavy atom. The molecule has 37 heavy (non-hydrogen) atoms. The molecule has 2 bridgehead atoms. The van der Waals surface area contributed by atoms with E-state index in [0.717, 1.165) is 47.2 Å². The molecule has 2 unspecified atom stereocenters. The standard InChI is InChI=1S/C30H26F3NO3/c31-26-12-9-17(28(32)29(26)33)15-27(35)18-13-19-10-11-20(14-18)34(19)30(36)37-16-25-23-7-3-1-5-21(23)22-6-2-4-8-24(22)25/h1-9,12,18-20,25H,10-11,13-16H2. The summed E-state index contributed by atoms with van der Waals surface area (Å²) in [5, 5.41) is 0. The second kappa shape index (κ2) is 9.36. The van der Waals surface area contributed by atoms with Crippen molar-refractivity contribution in [3.8, 4) is 11.1 Å². The highest BCUT2D eigenvalue weighted by Crippen LogP contribution is 2.45. The largest absolute Gasteiger partial charge is 0.448 e. The van der Waals surface area contributed by atoms with Crippen molar-refractivity contribution in [2.24, 2.45) is 5.92 Å². The number of halogens is 3. The third-order valence-corrected chi connectivity index (χ3v) is 8.22. The zero-order valence-corrected chi connectivity index (χ0v) is 20.1. The maximum atomic E-state index is 14.1. The summed E-state index contributed by atoms with van der Waals surface area (Å²) in [5.74, 6) is -4.75. The molecule has 2 heterocycles. The quantitative estimate of drug-likeness (QED) is 0.377. The molecule has 3 aliphatic rings. The maximum Gasteiger partial charge on any atom is 0.410 e. The highest BCUT2D eigenvalue weighted by Gasteiger charge is 2.46. The lowest BCUT2D eigenvalue weighted by Crippen LogP contribution is -2.48. The van der Waals surface area contributed by atoms with Crippen LogP contribution in [0.3, 0.4) is 0 Å². The van der Waals surface area contributed by atoms with Crippen molar-refractivity contribution in [2.45, 2.75) is 50.1 Å². The third kappa shape index (κ3) is 4.10. The van der Waals surface area contributed by atoms with Crippen LogP contribution in [-0.2, 0) is 16.0 Å². The van der Waals surface area contributed by atoms with Crippen LogP contribution >= 0.6 is 0 Å². The van der Waals surface area contributed by atoms with Crippen molar-refractivity contribution in [2.75, 3.05) is 6.61 Å². The molecule has 0 aromatic heterocycles. The van der Waals surface area contributed by atoms with Gasteiger partial charge in [-0.05, 0) is 59.6 Å². The van der Waals surface area contributed by atoms with Gasteiger partial charge in [0.1, 0.15) is 12.4 Å². The number of carbonyl (C=O) groups is 2. The minimum absolute atomic E-state index is 0.0286. The number of carbonyl (C=O) groups excluding carboxylic acids is 2. The van der Waals surface area contributed by atoms with Crippen LogP contribution in [0.5, 0.6) is 0 Å². The molecule has 6 rings (SSSR count). The van der Waals surface area contributed by atoms with E-state index >= 15 is 0 Å². The smallest absolute Gasteiger partial charge is 0.410 e. The summed E-state index contributed by atoms with van der Waals surface area (Å²) in [4.78, 5) is 27.9. The summed E-state index contributed by atoms with van der Waals surface area (Å²) in [6.45, 7) is 0.237. The number of hydrogen-bond acceptors (Lipinski definition) is 3. The predicted octanol–water partition coefficient (Wildman–Crippen LogP) is 6.41. The van der Waals surface area contributed by atoms with Crippen molar-refractivity contribution in [3.05, 3.63) is 94.8 Å². The summed E-state index contributed by atoms with van der Waals surface area (Å²) < 4.78 is 46.8. The van der Waals surface area contributed by atoms with Gasteiger partial charge in [0.25, 0.3) is 0 Å². The minimum atomic E-state index is -1.56. The summed E-state index contributed by atoms with van der Waals surface area (Å²) >= 11 is 0. The molecular formula is C30H26F3NO3. The second-order valence-electron chi connectivity index (χ2n) is 10.2. The van der Waals surface area contributed by atoms with Gasteiger partial charge in [-0.15, -0.1) is 0 Å². The van der Waals surface area contributed by atoms with Gasteiger partial charge in [0.2, 0.25) is 0 Å². The zero-order chi connectivity index (χ0) is 25.7. The lowest BCUT2D eigenvalue weighted by molar-refractivity contribution is -0.124. The molecule has 0 spiro atoms. The molecule has 2 aliphatic heterocycles. The fourth-order valence-corrected chi connectivity index (χ4v) is 6.44. The fourth-order valence-electron chi connectivity index (χ4n) is 6.44. The average Bonchev–Trinajstić information content (AvgIpc) is 3.38. The zero-order valence-electron chi connectivity index (χ0n) is 20.1. The third-order valence-electron chi connectivity index (χ3n) is 8.22. The minimum Gasteiger partial charge on any atom is -0.448 e. The first-order valence-corrected chi connectivity index (χ1v) is 12.7. The van der Waals surface area contributed by atoms with Crippen LogP contribution in [0.4, 0.5) is 18.0 Å². The Morgan fingerprint density at radius 1 is 0.811 bits per heavy atom. The predicted molar refractivity (Wildman–Crippen MR) is 131 cm³/mol. The van der Waals surface area contributed by atoms with Gasteiger partial charge in [0.15, 0.2) is 17.5 Å². The first kappa shape index (κ1) is 23.8. The second-order valence-corrected chi connectivity index (χ2v) is 10.2. The Morgan fingerprint density at radius 3 is 2.03 bits per heavy atom. The van der Waals surface area contributed by atoms with Gasteiger partial charge in [-0.3, -0.25) is 4.79 Å². The van der Waals surface area contributed by atoms with Gasteiger partial charge in [-0.2, -0.15) is 0 Å². The number of nitrogens with zero attached hydrogens (tertiary/aromatic N) is 1. The summed E-state index contributed by atoms with van der Waals surface area (Å²) in [5.41, 5.74) is 4.48. The van der Waals surface area contributed by atoms with Crippen molar-refractivity contribution < 1.29 is 27.5 Å². The Balaban J connectivity index is 1.11. The monoisotopic (exact) mass is 505 g/mol. The van der Waals surface area contributed by atoms with Crippen molar-refractivity contribution in [1.82, 2.24) is 4.90 Å². The highest BCUT2D eigenvalue weighted by atomic mass is 19.2. The molecule has 1 aliphatic carbocycles. The Kier molecular flexibility index (Phi) is 6.01. The van der Waals surface area contributed by atoms with Crippen molar-refractivity contribution in [3.63, 3.8) is 0 Å². The molecular weight excluding hydrogens is 479 g/mol. The summed E-state index contributed by atoms with van der Waals surface area (Å²) in [6.07, 6.45) is 1.82. The number of rotatable bonds is 5. The van der Waals surface area contributed by atoms with Gasteiger partial charge in [-0.1, -0.05) is 54.6 Å². The number of ketones is 1. The number of piperidine rings is 1. The first-order chi connectivity index (χ1) is 17.9. The molecule has 2 fully saturated rings. The number of fused-ring (bicyclic) bond motifs is 5. The number of ether oxygens (including phenoxy) is 1. The van der Waals surface area contributed by atoms with E-state index in [1.54, 1.807) is 4.90 Å². The summed E-state index contributed by atoms with van der Waals surface area (Å²) in [7, 11) is 0. The lowest BCUT2D eigenvalue weighted by Gasteiger charge is -2.37. The van der Waals surface area contributed by atoms with Crippen molar-refractivity contribution >= 4 is 11.9 Å². The SMILES string of the molecule is O=C(Cc1ccc(F)c(F)c1F)C1CC2CCC(C1)N2C(=O)OCC1c2ccccc2-c2ccccc21. The number of hydrogen-bond donors (Lipinski definition) is 0. The normalized spacial score (nSPS) is 22.0. The summed E-state index contributed by atoms with van der Waals surface area (Å²) in [6, 6.07) is 18.0. The van der Waals surface area contributed by atoms with Crippen LogP contribution in [0.15, 0.2) is 60.7 Å². The average molecular weight is 506 g/mol. The molecule has 190 valence electrons. The fraction of sp³-hybridized carbons (Fsp3) is 0.333. The molecule has 4 nitrogen and oxygen atoms in total. The van der Waals surface area contributed by atoms with Crippen LogP contribution in [0.2, 0.25) is 0 Å².